The van der Waals surface area contributed by atoms with Gasteiger partial charge in [-0.15, -0.1) is 0 Å². The van der Waals surface area contributed by atoms with Crippen molar-refractivity contribution in [3.63, 3.8) is 0 Å². The number of nitrogens with zero attached hydrogens (tertiary/aromatic N) is 2. The number of thioether (sulfide) groups is 1. The summed E-state index contributed by atoms with van der Waals surface area (Å²) in [5, 5.41) is 3.41. The molecule has 0 amide bonds. The number of hydrogen-bond acceptors (Lipinski definition) is 4. The molecule has 2 heterocycles. The highest BCUT2D eigenvalue weighted by atomic mass is 32.2. The van der Waals surface area contributed by atoms with Gasteiger partial charge in [0.1, 0.15) is 5.82 Å². The number of rotatable bonds is 4. The molecule has 0 aromatic carbocycles. The van der Waals surface area contributed by atoms with Crippen LogP contribution in [0.15, 0.2) is 18.3 Å². The van der Waals surface area contributed by atoms with E-state index in [0.29, 0.717) is 12.1 Å². The zero-order chi connectivity index (χ0) is 13.0. The first kappa shape index (κ1) is 13.7. The molecule has 0 aliphatic carbocycles. The molecule has 1 aliphatic heterocycles. The molecule has 2 atom stereocenters. The summed E-state index contributed by atoms with van der Waals surface area (Å²) in [4.78, 5) is 7.05. The van der Waals surface area contributed by atoms with Crippen LogP contribution in [0.2, 0.25) is 0 Å². The lowest BCUT2D eigenvalue weighted by atomic mass is 10.1. The van der Waals surface area contributed by atoms with E-state index in [1.165, 1.54) is 17.1 Å². The topological polar surface area (TPSA) is 28.2 Å². The molecule has 0 spiro atoms. The van der Waals surface area contributed by atoms with E-state index >= 15 is 0 Å². The van der Waals surface area contributed by atoms with Gasteiger partial charge >= 0.3 is 0 Å². The van der Waals surface area contributed by atoms with Crippen LogP contribution in [0.1, 0.15) is 32.4 Å². The van der Waals surface area contributed by atoms with Crippen LogP contribution in [0.25, 0.3) is 0 Å². The normalized spacial score (nSPS) is 21.9. The van der Waals surface area contributed by atoms with Crippen LogP contribution >= 0.6 is 11.8 Å². The largest absolute Gasteiger partial charge is 0.352 e. The average molecular weight is 265 g/mol. The van der Waals surface area contributed by atoms with Crippen LogP contribution in [-0.2, 0) is 0 Å². The summed E-state index contributed by atoms with van der Waals surface area (Å²) in [7, 11) is 0. The maximum absolute atomic E-state index is 4.63. The van der Waals surface area contributed by atoms with Gasteiger partial charge in [0, 0.05) is 36.3 Å². The van der Waals surface area contributed by atoms with E-state index in [1.807, 2.05) is 18.0 Å². The summed E-state index contributed by atoms with van der Waals surface area (Å²) in [6.45, 7) is 8.69. The number of aromatic nitrogens is 1. The lowest BCUT2D eigenvalue weighted by Gasteiger charge is -2.34. The summed E-state index contributed by atoms with van der Waals surface area (Å²) in [5.74, 6) is 3.54. The van der Waals surface area contributed by atoms with E-state index in [1.54, 1.807) is 0 Å². The molecule has 1 aromatic rings. The van der Waals surface area contributed by atoms with Crippen LogP contribution in [0.4, 0.5) is 5.82 Å². The molecule has 1 aliphatic rings. The van der Waals surface area contributed by atoms with Crippen molar-refractivity contribution >= 4 is 17.6 Å². The van der Waals surface area contributed by atoms with Gasteiger partial charge in [0.25, 0.3) is 0 Å². The Balaban J connectivity index is 2.06. The third-order valence-corrected chi connectivity index (χ3v) is 4.63. The van der Waals surface area contributed by atoms with Gasteiger partial charge in [-0.05, 0) is 32.0 Å². The van der Waals surface area contributed by atoms with Crippen molar-refractivity contribution in [3.8, 4) is 0 Å². The number of pyridine rings is 1. The van der Waals surface area contributed by atoms with Gasteiger partial charge in [-0.1, -0.05) is 13.0 Å². The molecule has 1 saturated heterocycles. The number of anilines is 1. The number of nitrogens with one attached hydrogen (secondary N) is 1. The fourth-order valence-electron chi connectivity index (χ4n) is 2.32. The summed E-state index contributed by atoms with van der Waals surface area (Å²) in [6, 6.07) is 5.33. The van der Waals surface area contributed by atoms with Gasteiger partial charge in [0.2, 0.25) is 0 Å². The first-order chi connectivity index (χ1) is 8.72. The van der Waals surface area contributed by atoms with Crippen molar-refractivity contribution in [2.24, 2.45) is 0 Å². The molecule has 0 radical (unpaired) electrons. The van der Waals surface area contributed by atoms with E-state index in [4.69, 9.17) is 0 Å². The predicted octanol–water partition coefficient (Wildman–Crippen LogP) is 2.69. The molecule has 2 unspecified atom stereocenters. The Bertz CT molecular complexity index is 366. The number of hydrogen-bond donors (Lipinski definition) is 1. The maximum atomic E-state index is 4.63. The molecule has 4 heteroatoms. The summed E-state index contributed by atoms with van der Waals surface area (Å²) in [6.07, 6.45) is 2.01. The minimum Gasteiger partial charge on any atom is -0.352 e. The van der Waals surface area contributed by atoms with Crippen LogP contribution in [0, 0.1) is 0 Å². The lowest BCUT2D eigenvalue weighted by Crippen LogP contribution is -2.40. The molecule has 18 heavy (non-hydrogen) atoms. The second kappa shape index (κ2) is 6.43. The molecule has 1 fully saturated rings. The third kappa shape index (κ3) is 3.18. The molecule has 0 bridgehead atoms. The SMILES string of the molecule is CCNC(C)c1ccc(N2CCSCC2C)nc1. The van der Waals surface area contributed by atoms with Crippen LogP contribution in [0.5, 0.6) is 0 Å². The Morgan fingerprint density at radius 1 is 1.56 bits per heavy atom. The Morgan fingerprint density at radius 2 is 2.39 bits per heavy atom. The Kier molecular flexibility index (Phi) is 4.89. The second-order valence-electron chi connectivity index (χ2n) is 4.85. The van der Waals surface area contributed by atoms with Gasteiger partial charge in [-0.25, -0.2) is 4.98 Å². The Morgan fingerprint density at radius 3 is 3.00 bits per heavy atom. The third-order valence-electron chi connectivity index (χ3n) is 3.44. The van der Waals surface area contributed by atoms with Crippen LogP contribution in [-0.4, -0.2) is 35.6 Å². The van der Waals surface area contributed by atoms with E-state index < -0.39 is 0 Å². The van der Waals surface area contributed by atoms with Gasteiger partial charge < -0.3 is 10.2 Å². The molecule has 100 valence electrons. The summed E-state index contributed by atoms with van der Waals surface area (Å²) < 4.78 is 0. The first-order valence-corrected chi connectivity index (χ1v) is 7.91. The van der Waals surface area contributed by atoms with Crippen molar-refractivity contribution in [2.75, 3.05) is 29.5 Å². The molecular formula is C14H23N3S. The van der Waals surface area contributed by atoms with Gasteiger partial charge in [-0.3, -0.25) is 0 Å². The molecule has 1 aromatic heterocycles. The Hall–Kier alpha value is -0.740. The highest BCUT2D eigenvalue weighted by Crippen LogP contribution is 2.23. The molecule has 2 rings (SSSR count). The minimum atomic E-state index is 0.380. The predicted molar refractivity (Wildman–Crippen MR) is 80.5 cm³/mol. The van der Waals surface area contributed by atoms with E-state index in [-0.39, 0.29) is 0 Å². The Labute approximate surface area is 114 Å². The van der Waals surface area contributed by atoms with Crippen molar-refractivity contribution < 1.29 is 0 Å². The van der Waals surface area contributed by atoms with E-state index in [0.717, 1.165) is 18.9 Å². The van der Waals surface area contributed by atoms with Gasteiger partial charge in [0.05, 0.1) is 0 Å². The van der Waals surface area contributed by atoms with E-state index in [9.17, 15) is 0 Å². The van der Waals surface area contributed by atoms with Crippen molar-refractivity contribution in [3.05, 3.63) is 23.9 Å². The van der Waals surface area contributed by atoms with Crippen LogP contribution < -0.4 is 10.2 Å². The summed E-state index contributed by atoms with van der Waals surface area (Å²) >= 11 is 2.04. The van der Waals surface area contributed by atoms with E-state index in [2.05, 4.69) is 48.1 Å². The van der Waals surface area contributed by atoms with Crippen molar-refractivity contribution in [1.82, 2.24) is 10.3 Å². The fraction of sp³-hybridized carbons (Fsp3) is 0.643. The molecular weight excluding hydrogens is 242 g/mol. The van der Waals surface area contributed by atoms with Crippen molar-refractivity contribution in [1.29, 1.82) is 0 Å². The highest BCUT2D eigenvalue weighted by Gasteiger charge is 2.19. The molecule has 1 N–H and O–H groups in total. The summed E-state index contributed by atoms with van der Waals surface area (Å²) in [5.41, 5.74) is 1.26. The maximum Gasteiger partial charge on any atom is 0.128 e. The zero-order valence-electron chi connectivity index (χ0n) is 11.5. The average Bonchev–Trinajstić information content (AvgIpc) is 2.40. The highest BCUT2D eigenvalue weighted by molar-refractivity contribution is 7.99. The molecule has 3 nitrogen and oxygen atoms in total. The zero-order valence-corrected chi connectivity index (χ0v) is 12.3. The standard InChI is InChI=1S/C14H23N3S/c1-4-15-12(3)13-5-6-14(16-9-13)17-7-8-18-10-11(17)2/h5-6,9,11-12,15H,4,7-8,10H2,1-3H3. The van der Waals surface area contributed by atoms with Gasteiger partial charge in [0.15, 0.2) is 0 Å². The second-order valence-corrected chi connectivity index (χ2v) is 6.00. The monoisotopic (exact) mass is 265 g/mol. The molecule has 0 saturated carbocycles. The van der Waals surface area contributed by atoms with Crippen LogP contribution in [0.3, 0.4) is 0 Å². The first-order valence-electron chi connectivity index (χ1n) is 6.76. The fourth-order valence-corrected chi connectivity index (χ4v) is 3.33. The smallest absolute Gasteiger partial charge is 0.128 e. The van der Waals surface area contributed by atoms with Crippen molar-refractivity contribution in [2.45, 2.75) is 32.9 Å². The minimum absolute atomic E-state index is 0.380. The quantitative estimate of drug-likeness (QED) is 0.906. The van der Waals surface area contributed by atoms with Gasteiger partial charge in [-0.2, -0.15) is 11.8 Å². The lowest BCUT2D eigenvalue weighted by molar-refractivity contribution is 0.595.